The van der Waals surface area contributed by atoms with E-state index in [-0.39, 0.29) is 18.0 Å². The number of fused-ring (bicyclic) bond motifs is 1. The van der Waals surface area contributed by atoms with Gasteiger partial charge in [0.1, 0.15) is 6.04 Å². The Kier molecular flexibility index (Phi) is 5.92. The molecular weight excluding hydrogens is 490 g/mol. The van der Waals surface area contributed by atoms with Gasteiger partial charge in [-0.25, -0.2) is 4.79 Å². The van der Waals surface area contributed by atoms with Crippen molar-refractivity contribution in [2.75, 3.05) is 5.32 Å². The molecule has 1 aromatic heterocycles. The summed E-state index contributed by atoms with van der Waals surface area (Å²) in [6.07, 6.45) is 9.03. The number of piperidine rings is 1. The van der Waals surface area contributed by atoms with Gasteiger partial charge in [-0.2, -0.15) is 0 Å². The first-order valence-electron chi connectivity index (χ1n) is 14.5. The molecule has 2 aromatic carbocycles. The fourth-order valence-corrected chi connectivity index (χ4v) is 8.40. The van der Waals surface area contributed by atoms with Gasteiger partial charge in [0.15, 0.2) is 0 Å². The van der Waals surface area contributed by atoms with Crippen molar-refractivity contribution in [1.82, 2.24) is 19.8 Å². The Bertz CT molecular complexity index is 1470. The van der Waals surface area contributed by atoms with Crippen molar-refractivity contribution in [3.8, 4) is 0 Å². The summed E-state index contributed by atoms with van der Waals surface area (Å²) in [6, 6.07) is 13.8. The summed E-state index contributed by atoms with van der Waals surface area (Å²) in [5, 5.41) is 9.86. The Hall–Kier alpha value is -3.39. The maximum absolute atomic E-state index is 13.2. The van der Waals surface area contributed by atoms with Crippen LogP contribution in [0.3, 0.4) is 0 Å². The third-order valence-corrected chi connectivity index (χ3v) is 9.84. The zero-order valence-corrected chi connectivity index (χ0v) is 22.5. The number of carbonyl (C=O) groups is 2. The molecule has 0 radical (unpaired) electrons. The van der Waals surface area contributed by atoms with Crippen LogP contribution < -0.4 is 21.6 Å². The fraction of sp³-hybridized carbons (Fsp3) is 0.516. The molecule has 204 valence electrons. The molecule has 1 aliphatic heterocycles. The Balaban J connectivity index is 1.04. The van der Waals surface area contributed by atoms with Gasteiger partial charge in [-0.3, -0.25) is 24.0 Å². The summed E-state index contributed by atoms with van der Waals surface area (Å²) < 4.78 is 3.11. The number of hydrogen-bond acceptors (Lipinski definition) is 5. The van der Waals surface area contributed by atoms with Crippen molar-refractivity contribution in [3.63, 3.8) is 0 Å². The highest BCUT2D eigenvalue weighted by molar-refractivity contribution is 6.00. The molecule has 8 rings (SSSR count). The Morgan fingerprint density at radius 2 is 1.54 bits per heavy atom. The standard InChI is InChI=1S/C31H37N5O3/c1-35-28-24(3-2-4-25(28)36(30(35)39)26-9-10-27(37)34-29(26)38)32-17-19-5-7-20(8-6-19)18-33-31-14-21-11-22(15-31)13-23(12-21)16-31/h2-8,21-23,26,32-33H,9-18H2,1H3,(H,34,37,38). The topological polar surface area (TPSA) is 97.2 Å². The molecule has 8 heteroatoms. The molecule has 3 aromatic rings. The second-order valence-corrected chi connectivity index (χ2v) is 12.6. The van der Waals surface area contributed by atoms with Crippen LogP contribution in [0.25, 0.3) is 11.0 Å². The van der Waals surface area contributed by atoms with Crippen molar-refractivity contribution in [1.29, 1.82) is 0 Å². The van der Waals surface area contributed by atoms with Gasteiger partial charge in [0, 0.05) is 32.1 Å². The molecular formula is C31H37N5O3. The maximum Gasteiger partial charge on any atom is 0.329 e. The minimum absolute atomic E-state index is 0.227. The molecule has 1 saturated heterocycles. The van der Waals surface area contributed by atoms with Crippen LogP contribution in [0.4, 0.5) is 5.69 Å². The van der Waals surface area contributed by atoms with Gasteiger partial charge in [-0.1, -0.05) is 30.3 Å². The molecule has 4 aliphatic carbocycles. The number of anilines is 1. The lowest BCUT2D eigenvalue weighted by Gasteiger charge is -2.57. The zero-order chi connectivity index (χ0) is 26.7. The molecule has 0 spiro atoms. The van der Waals surface area contributed by atoms with E-state index in [2.05, 4.69) is 40.2 Å². The summed E-state index contributed by atoms with van der Waals surface area (Å²) in [6.45, 7) is 1.55. The molecule has 1 unspecified atom stereocenters. The van der Waals surface area contributed by atoms with Crippen molar-refractivity contribution in [2.45, 2.75) is 76.0 Å². The molecule has 4 bridgehead atoms. The van der Waals surface area contributed by atoms with Gasteiger partial charge in [0.25, 0.3) is 0 Å². The second-order valence-electron chi connectivity index (χ2n) is 12.6. The molecule has 1 atom stereocenters. The van der Waals surface area contributed by atoms with E-state index in [4.69, 9.17) is 0 Å². The van der Waals surface area contributed by atoms with E-state index in [0.717, 1.165) is 35.5 Å². The summed E-state index contributed by atoms with van der Waals surface area (Å²) in [5.74, 6) is 2.13. The molecule has 3 N–H and O–H groups in total. The maximum atomic E-state index is 13.2. The number of nitrogens with one attached hydrogen (secondary N) is 3. The van der Waals surface area contributed by atoms with Crippen LogP contribution >= 0.6 is 0 Å². The van der Waals surface area contributed by atoms with Crippen molar-refractivity contribution < 1.29 is 9.59 Å². The first-order valence-corrected chi connectivity index (χ1v) is 14.5. The van der Waals surface area contributed by atoms with Crippen LogP contribution in [0.15, 0.2) is 47.3 Å². The number of rotatable bonds is 7. The lowest BCUT2D eigenvalue weighted by Crippen LogP contribution is -2.58. The van der Waals surface area contributed by atoms with E-state index < -0.39 is 11.9 Å². The molecule has 2 amide bonds. The molecule has 39 heavy (non-hydrogen) atoms. The van der Waals surface area contributed by atoms with Gasteiger partial charge < -0.3 is 10.6 Å². The van der Waals surface area contributed by atoms with Gasteiger partial charge in [0.05, 0.1) is 16.7 Å². The fourth-order valence-electron chi connectivity index (χ4n) is 8.40. The SMILES string of the molecule is Cn1c(=O)n(C2CCC(=O)NC2=O)c2cccc(NCc3ccc(CNC45CC6CC(CC(C6)C4)C5)cc3)c21. The Labute approximate surface area is 228 Å². The Morgan fingerprint density at radius 3 is 2.18 bits per heavy atom. The molecule has 5 aliphatic rings. The zero-order valence-electron chi connectivity index (χ0n) is 22.5. The molecule has 4 saturated carbocycles. The number of amides is 2. The van der Waals surface area contributed by atoms with Crippen molar-refractivity contribution in [3.05, 3.63) is 64.1 Å². The average Bonchev–Trinajstić information content (AvgIpc) is 3.16. The monoisotopic (exact) mass is 527 g/mol. The summed E-state index contributed by atoms with van der Waals surface area (Å²) in [5.41, 5.74) is 4.88. The van der Waals surface area contributed by atoms with E-state index in [1.165, 1.54) is 54.2 Å². The third-order valence-electron chi connectivity index (χ3n) is 9.84. The van der Waals surface area contributed by atoms with E-state index in [1.807, 2.05) is 18.2 Å². The third kappa shape index (κ3) is 4.39. The van der Waals surface area contributed by atoms with Gasteiger partial charge in [-0.05, 0) is 86.0 Å². The molecule has 5 fully saturated rings. The number of nitrogens with zero attached hydrogens (tertiary/aromatic N) is 2. The number of aryl methyl sites for hydroxylation is 1. The Morgan fingerprint density at radius 1 is 0.897 bits per heavy atom. The second kappa shape index (κ2) is 9.37. The van der Waals surface area contributed by atoms with Crippen LogP contribution in [0.2, 0.25) is 0 Å². The quantitative estimate of drug-likeness (QED) is 0.404. The number of para-hydroxylation sites is 1. The van der Waals surface area contributed by atoms with Crippen LogP contribution in [0.5, 0.6) is 0 Å². The normalized spacial score (nSPS) is 29.7. The van der Waals surface area contributed by atoms with Gasteiger partial charge >= 0.3 is 5.69 Å². The van der Waals surface area contributed by atoms with E-state index >= 15 is 0 Å². The van der Waals surface area contributed by atoms with Crippen molar-refractivity contribution >= 4 is 28.5 Å². The molecule has 2 heterocycles. The van der Waals surface area contributed by atoms with E-state index in [0.29, 0.717) is 24.0 Å². The van der Waals surface area contributed by atoms with Gasteiger partial charge in [-0.15, -0.1) is 0 Å². The highest BCUT2D eigenvalue weighted by Crippen LogP contribution is 2.55. The highest BCUT2D eigenvalue weighted by Gasteiger charge is 2.50. The summed E-state index contributed by atoms with van der Waals surface area (Å²) in [4.78, 5) is 37.3. The van der Waals surface area contributed by atoms with Crippen LogP contribution in [0.1, 0.15) is 68.5 Å². The number of benzene rings is 2. The van der Waals surface area contributed by atoms with Crippen LogP contribution in [0, 0.1) is 17.8 Å². The minimum Gasteiger partial charge on any atom is -0.379 e. The summed E-state index contributed by atoms with van der Waals surface area (Å²) in [7, 11) is 1.73. The molecule has 8 nitrogen and oxygen atoms in total. The van der Waals surface area contributed by atoms with Crippen LogP contribution in [-0.4, -0.2) is 26.5 Å². The lowest BCUT2D eigenvalue weighted by molar-refractivity contribution is -0.135. The minimum atomic E-state index is -0.686. The first-order chi connectivity index (χ1) is 18.9. The number of imide groups is 1. The largest absolute Gasteiger partial charge is 0.379 e. The number of hydrogen-bond donors (Lipinski definition) is 3. The lowest BCUT2D eigenvalue weighted by atomic mass is 9.53. The van der Waals surface area contributed by atoms with Gasteiger partial charge in [0.2, 0.25) is 11.8 Å². The predicted octanol–water partition coefficient (Wildman–Crippen LogP) is 3.99. The summed E-state index contributed by atoms with van der Waals surface area (Å²) >= 11 is 0. The average molecular weight is 528 g/mol. The number of imidazole rings is 1. The number of carbonyl (C=O) groups excluding carboxylic acids is 2. The van der Waals surface area contributed by atoms with E-state index in [9.17, 15) is 14.4 Å². The van der Waals surface area contributed by atoms with Crippen molar-refractivity contribution in [2.24, 2.45) is 24.8 Å². The van der Waals surface area contributed by atoms with Crippen LogP contribution in [-0.2, 0) is 29.7 Å². The van der Waals surface area contributed by atoms with E-state index in [1.54, 1.807) is 11.6 Å². The smallest absolute Gasteiger partial charge is 0.329 e. The number of aromatic nitrogens is 2. The highest BCUT2D eigenvalue weighted by atomic mass is 16.2. The predicted molar refractivity (Wildman–Crippen MR) is 150 cm³/mol. The first kappa shape index (κ1) is 24.6.